The highest BCUT2D eigenvalue weighted by Gasteiger charge is 2.22. The molecule has 1 fully saturated rings. The van der Waals surface area contributed by atoms with Crippen molar-refractivity contribution in [1.29, 1.82) is 0 Å². The lowest BCUT2D eigenvalue weighted by Crippen LogP contribution is -2.45. The minimum atomic E-state index is -0.0974. The number of nitrogens with zero attached hydrogens (tertiary/aromatic N) is 6. The largest absolute Gasteiger partial charge is 0.440 e. The predicted molar refractivity (Wildman–Crippen MR) is 99.0 cm³/mol. The molecule has 8 nitrogen and oxygen atoms in total. The highest BCUT2D eigenvalue weighted by Crippen LogP contribution is 2.21. The van der Waals surface area contributed by atoms with E-state index in [9.17, 15) is 4.79 Å². The van der Waals surface area contributed by atoms with Gasteiger partial charge in [-0.3, -0.25) is 9.48 Å². The van der Waals surface area contributed by atoms with Crippen molar-refractivity contribution < 1.29 is 9.21 Å². The van der Waals surface area contributed by atoms with Gasteiger partial charge < -0.3 is 19.1 Å². The van der Waals surface area contributed by atoms with E-state index in [-0.39, 0.29) is 5.91 Å². The lowest BCUT2D eigenvalue weighted by Gasteiger charge is -2.32. The second kappa shape index (κ2) is 8.01. The van der Waals surface area contributed by atoms with Gasteiger partial charge in [-0.2, -0.15) is 5.10 Å². The highest BCUT2D eigenvalue weighted by molar-refractivity contribution is 5.93. The van der Waals surface area contributed by atoms with Gasteiger partial charge in [0.2, 0.25) is 5.89 Å². The van der Waals surface area contributed by atoms with Gasteiger partial charge in [-0.1, -0.05) is 0 Å². The van der Waals surface area contributed by atoms with Gasteiger partial charge in [0, 0.05) is 53.0 Å². The Morgan fingerprint density at radius 2 is 2.00 bits per heavy atom. The maximum absolute atomic E-state index is 12.7. The molecule has 1 amide bonds. The van der Waals surface area contributed by atoms with Crippen LogP contribution < -0.4 is 0 Å². The van der Waals surface area contributed by atoms with Crippen LogP contribution >= 0.6 is 0 Å². The van der Waals surface area contributed by atoms with E-state index >= 15 is 0 Å². The van der Waals surface area contributed by atoms with Crippen molar-refractivity contribution in [2.24, 2.45) is 7.05 Å². The molecule has 2 aromatic heterocycles. The molecule has 0 atom stereocenters. The van der Waals surface area contributed by atoms with Crippen molar-refractivity contribution in [2.75, 3.05) is 53.4 Å². The van der Waals surface area contributed by atoms with E-state index in [0.717, 1.165) is 44.7 Å². The molecule has 142 valence electrons. The molecule has 3 heterocycles. The number of aromatic nitrogens is 3. The van der Waals surface area contributed by atoms with Gasteiger partial charge in [-0.15, -0.1) is 0 Å². The van der Waals surface area contributed by atoms with E-state index in [1.54, 1.807) is 22.7 Å². The molecule has 1 aliphatic heterocycles. The summed E-state index contributed by atoms with van der Waals surface area (Å²) in [7, 11) is 5.81. The first kappa shape index (κ1) is 18.6. The number of aryl methyl sites for hydroxylation is 2. The average Bonchev–Trinajstić information content (AvgIpc) is 3.21. The zero-order chi connectivity index (χ0) is 18.7. The zero-order valence-corrected chi connectivity index (χ0v) is 16.1. The Labute approximate surface area is 154 Å². The smallest absolute Gasteiger partial charge is 0.275 e. The maximum atomic E-state index is 12.7. The van der Waals surface area contributed by atoms with Crippen LogP contribution in [-0.4, -0.2) is 88.7 Å². The Balaban J connectivity index is 1.54. The number of likely N-dealkylation sites (N-methyl/N-ethyl adjacent to an activating group) is 1. The van der Waals surface area contributed by atoms with Gasteiger partial charge in [-0.05, 0) is 26.9 Å². The fraction of sp³-hybridized carbons (Fsp3) is 0.611. The van der Waals surface area contributed by atoms with Gasteiger partial charge >= 0.3 is 0 Å². The first-order valence-corrected chi connectivity index (χ1v) is 9.07. The van der Waals surface area contributed by atoms with Crippen molar-refractivity contribution in [2.45, 2.75) is 13.3 Å². The molecule has 8 heteroatoms. The lowest BCUT2D eigenvalue weighted by atomic mass is 10.2. The number of rotatable bonds is 6. The zero-order valence-electron chi connectivity index (χ0n) is 16.1. The topological polar surface area (TPSA) is 70.6 Å². The summed E-state index contributed by atoms with van der Waals surface area (Å²) >= 11 is 0. The first-order chi connectivity index (χ1) is 12.4. The fourth-order valence-corrected chi connectivity index (χ4v) is 3.14. The van der Waals surface area contributed by atoms with E-state index in [4.69, 9.17) is 4.42 Å². The van der Waals surface area contributed by atoms with Crippen LogP contribution in [0.4, 0.5) is 0 Å². The van der Waals surface area contributed by atoms with Crippen LogP contribution in [0.15, 0.2) is 16.8 Å². The van der Waals surface area contributed by atoms with E-state index in [0.29, 0.717) is 23.9 Å². The molecule has 1 aliphatic rings. The molecular formula is C18H28N6O2. The van der Waals surface area contributed by atoms with Crippen LogP contribution in [0.25, 0.3) is 11.5 Å². The lowest BCUT2D eigenvalue weighted by molar-refractivity contribution is 0.0776. The average molecular weight is 360 g/mol. The fourth-order valence-electron chi connectivity index (χ4n) is 3.14. The number of oxazole rings is 1. The second-order valence-corrected chi connectivity index (χ2v) is 7.05. The van der Waals surface area contributed by atoms with Crippen LogP contribution in [0.2, 0.25) is 0 Å². The number of carbonyl (C=O) groups is 1. The molecule has 0 aliphatic carbocycles. The minimum Gasteiger partial charge on any atom is -0.440 e. The number of carbonyl (C=O) groups excluding carboxylic acids is 1. The van der Waals surface area contributed by atoms with Crippen molar-refractivity contribution in [3.63, 3.8) is 0 Å². The Morgan fingerprint density at radius 1 is 1.27 bits per heavy atom. The Bertz CT molecular complexity index is 745. The van der Waals surface area contributed by atoms with E-state index in [1.165, 1.54) is 0 Å². The van der Waals surface area contributed by atoms with E-state index in [1.807, 2.05) is 20.3 Å². The molecule has 0 radical (unpaired) electrons. The normalized spacial score (nSPS) is 16.2. The number of piperazine rings is 1. The third kappa shape index (κ3) is 4.31. The van der Waals surface area contributed by atoms with Crippen LogP contribution in [-0.2, 0) is 7.05 Å². The van der Waals surface area contributed by atoms with Gasteiger partial charge in [0.25, 0.3) is 5.91 Å². The van der Waals surface area contributed by atoms with Gasteiger partial charge in [0.05, 0.1) is 11.8 Å². The highest BCUT2D eigenvalue weighted by atomic mass is 16.4. The summed E-state index contributed by atoms with van der Waals surface area (Å²) in [6.07, 6.45) is 4.46. The van der Waals surface area contributed by atoms with E-state index in [2.05, 4.69) is 26.9 Å². The van der Waals surface area contributed by atoms with Crippen molar-refractivity contribution in [3.8, 4) is 11.5 Å². The molecule has 3 rings (SSSR count). The molecule has 26 heavy (non-hydrogen) atoms. The van der Waals surface area contributed by atoms with Crippen LogP contribution in [0, 0.1) is 6.92 Å². The van der Waals surface area contributed by atoms with Crippen molar-refractivity contribution in [3.05, 3.63) is 23.8 Å². The molecular weight excluding hydrogens is 332 g/mol. The summed E-state index contributed by atoms with van der Waals surface area (Å²) in [6.45, 7) is 7.94. The quantitative estimate of drug-likeness (QED) is 0.768. The molecule has 0 unspecified atom stereocenters. The van der Waals surface area contributed by atoms with Gasteiger partial charge in [-0.25, -0.2) is 4.98 Å². The monoisotopic (exact) mass is 360 g/mol. The van der Waals surface area contributed by atoms with Crippen molar-refractivity contribution >= 4 is 5.91 Å². The minimum absolute atomic E-state index is 0.0974. The number of hydrogen-bond donors (Lipinski definition) is 0. The molecule has 2 aromatic rings. The SMILES string of the molecule is Cc1oc(-c2cnn(C)c2)nc1C(=O)N(C)CCCN1CCN(C)CC1. The van der Waals surface area contributed by atoms with Crippen molar-refractivity contribution in [1.82, 2.24) is 29.5 Å². The molecule has 0 N–H and O–H groups in total. The van der Waals surface area contributed by atoms with E-state index < -0.39 is 0 Å². The van der Waals surface area contributed by atoms with Gasteiger partial charge in [0.15, 0.2) is 5.69 Å². The standard InChI is InChI=1S/C18H28N6O2/c1-14-16(20-17(26-14)15-12-19-23(4)13-15)18(25)22(3)6-5-7-24-10-8-21(2)9-11-24/h12-13H,5-11H2,1-4H3. The number of amides is 1. The second-order valence-electron chi connectivity index (χ2n) is 7.05. The van der Waals surface area contributed by atoms with Crippen LogP contribution in [0.3, 0.4) is 0 Å². The summed E-state index contributed by atoms with van der Waals surface area (Å²) in [5.74, 6) is 0.879. The summed E-state index contributed by atoms with van der Waals surface area (Å²) in [4.78, 5) is 23.6. The Morgan fingerprint density at radius 3 is 2.65 bits per heavy atom. The summed E-state index contributed by atoms with van der Waals surface area (Å²) in [5.41, 5.74) is 1.15. The number of hydrogen-bond acceptors (Lipinski definition) is 6. The molecule has 0 bridgehead atoms. The van der Waals surface area contributed by atoms with Crippen LogP contribution in [0.1, 0.15) is 22.7 Å². The molecule has 0 saturated carbocycles. The van der Waals surface area contributed by atoms with Gasteiger partial charge in [0.1, 0.15) is 5.76 Å². The molecule has 0 spiro atoms. The molecule has 1 saturated heterocycles. The summed E-state index contributed by atoms with van der Waals surface area (Å²) in [6, 6.07) is 0. The van der Waals surface area contributed by atoms with Crippen LogP contribution in [0.5, 0.6) is 0 Å². The molecule has 0 aromatic carbocycles. The predicted octanol–water partition coefficient (Wildman–Crippen LogP) is 1.09. The summed E-state index contributed by atoms with van der Waals surface area (Å²) < 4.78 is 7.35. The maximum Gasteiger partial charge on any atom is 0.275 e. The first-order valence-electron chi connectivity index (χ1n) is 9.07. The third-order valence-corrected chi connectivity index (χ3v) is 4.86. The Kier molecular flexibility index (Phi) is 5.73. The summed E-state index contributed by atoms with van der Waals surface area (Å²) in [5, 5.41) is 4.12. The third-order valence-electron chi connectivity index (χ3n) is 4.86. The Hall–Kier alpha value is -2.19.